The number of aliphatic hydroxyl groups is 1. The van der Waals surface area contributed by atoms with Crippen LogP contribution < -0.4 is 5.32 Å². The number of alkyl carbamates (subject to hydrolysis) is 1. The van der Waals surface area contributed by atoms with E-state index in [1.165, 1.54) is 0 Å². The summed E-state index contributed by atoms with van der Waals surface area (Å²) in [5.74, 6) is -1.12. The molecule has 2 N–H and O–H groups in total. The average molecular weight is 384 g/mol. The van der Waals surface area contributed by atoms with Gasteiger partial charge in [0.15, 0.2) is 0 Å². The molecule has 0 aromatic heterocycles. The second-order valence-corrected chi connectivity index (χ2v) is 6.16. The molecule has 1 heterocycles. The van der Waals surface area contributed by atoms with E-state index in [9.17, 15) is 19.5 Å². The van der Waals surface area contributed by atoms with Crippen molar-refractivity contribution in [3.05, 3.63) is 71.3 Å². The van der Waals surface area contributed by atoms with Crippen LogP contribution in [-0.4, -0.2) is 47.3 Å². The maximum absolute atomic E-state index is 12.3. The first-order chi connectivity index (χ1) is 13.6. The lowest BCUT2D eigenvalue weighted by molar-refractivity contribution is -0.0983. The van der Waals surface area contributed by atoms with Gasteiger partial charge < -0.3 is 15.2 Å². The third-order valence-corrected chi connectivity index (χ3v) is 4.17. The highest BCUT2D eigenvalue weighted by atomic mass is 16.7. The minimum atomic E-state index is -0.687. The summed E-state index contributed by atoms with van der Waals surface area (Å²) in [7, 11) is 0. The Labute approximate surface area is 161 Å². The quantitative estimate of drug-likeness (QED) is 0.674. The largest absolute Gasteiger partial charge is 0.445 e. The van der Waals surface area contributed by atoms with Gasteiger partial charge in [0.25, 0.3) is 11.8 Å². The van der Waals surface area contributed by atoms with Gasteiger partial charge in [-0.1, -0.05) is 42.5 Å². The summed E-state index contributed by atoms with van der Waals surface area (Å²) in [6.45, 7) is -0.292. The van der Waals surface area contributed by atoms with Crippen LogP contribution in [0, 0.1) is 0 Å². The molecule has 0 spiro atoms. The molecule has 2 aromatic carbocycles. The van der Waals surface area contributed by atoms with Crippen molar-refractivity contribution in [3.8, 4) is 0 Å². The molecule has 3 rings (SSSR count). The van der Waals surface area contributed by atoms with E-state index in [4.69, 9.17) is 9.57 Å². The van der Waals surface area contributed by atoms with Gasteiger partial charge in [0, 0.05) is 6.61 Å². The number of rotatable bonds is 8. The Bertz CT molecular complexity index is 820. The fourth-order valence-electron chi connectivity index (χ4n) is 2.73. The van der Waals surface area contributed by atoms with Gasteiger partial charge >= 0.3 is 6.09 Å². The monoisotopic (exact) mass is 384 g/mol. The number of nitrogens with zero attached hydrogens (tertiary/aromatic N) is 1. The Balaban J connectivity index is 1.53. The van der Waals surface area contributed by atoms with Crippen LogP contribution >= 0.6 is 0 Å². The number of fused-ring (bicyclic) bond motifs is 1. The van der Waals surface area contributed by atoms with Crippen molar-refractivity contribution in [1.29, 1.82) is 0 Å². The average Bonchev–Trinajstić information content (AvgIpc) is 2.96. The van der Waals surface area contributed by atoms with Crippen molar-refractivity contribution in [3.63, 3.8) is 0 Å². The number of hydroxylamine groups is 2. The maximum Gasteiger partial charge on any atom is 0.407 e. The molecule has 146 valence electrons. The van der Waals surface area contributed by atoms with E-state index in [-0.39, 0.29) is 37.4 Å². The molecule has 0 radical (unpaired) electrons. The van der Waals surface area contributed by atoms with Crippen LogP contribution in [0.2, 0.25) is 0 Å². The predicted octanol–water partition coefficient (Wildman–Crippen LogP) is 1.89. The van der Waals surface area contributed by atoms with E-state index in [0.717, 1.165) is 5.56 Å². The summed E-state index contributed by atoms with van der Waals surface area (Å²) >= 11 is 0. The lowest BCUT2D eigenvalue weighted by Gasteiger charge is -2.20. The van der Waals surface area contributed by atoms with E-state index in [1.54, 1.807) is 24.3 Å². The van der Waals surface area contributed by atoms with Gasteiger partial charge in [0.05, 0.1) is 23.8 Å². The summed E-state index contributed by atoms with van der Waals surface area (Å²) in [4.78, 5) is 41.9. The van der Waals surface area contributed by atoms with Crippen molar-refractivity contribution in [1.82, 2.24) is 10.4 Å². The van der Waals surface area contributed by atoms with Crippen molar-refractivity contribution >= 4 is 17.9 Å². The molecule has 1 aliphatic rings. The number of hydrogen-bond donors (Lipinski definition) is 2. The van der Waals surface area contributed by atoms with Gasteiger partial charge in [-0.25, -0.2) is 4.79 Å². The highest BCUT2D eigenvalue weighted by Gasteiger charge is 2.37. The summed E-state index contributed by atoms with van der Waals surface area (Å²) in [6.07, 6.45) is -0.517. The van der Waals surface area contributed by atoms with Crippen molar-refractivity contribution in [2.45, 2.75) is 19.1 Å². The lowest BCUT2D eigenvalue weighted by atomic mass is 10.1. The second-order valence-electron chi connectivity index (χ2n) is 6.16. The first kappa shape index (κ1) is 19.5. The summed E-state index contributed by atoms with van der Waals surface area (Å²) in [5.41, 5.74) is 1.36. The van der Waals surface area contributed by atoms with Crippen LogP contribution in [0.3, 0.4) is 0 Å². The van der Waals surface area contributed by atoms with Crippen molar-refractivity contribution in [2.75, 3.05) is 13.2 Å². The Kier molecular flexibility index (Phi) is 6.36. The molecular formula is C20H20N2O6. The molecule has 0 bridgehead atoms. The fourth-order valence-corrected chi connectivity index (χ4v) is 2.73. The Morgan fingerprint density at radius 2 is 1.61 bits per heavy atom. The van der Waals surface area contributed by atoms with Crippen molar-refractivity contribution < 1.29 is 29.1 Å². The number of amides is 3. The minimum absolute atomic E-state index is 0.0950. The van der Waals surface area contributed by atoms with E-state index in [0.29, 0.717) is 5.06 Å². The Morgan fingerprint density at radius 3 is 2.21 bits per heavy atom. The first-order valence-corrected chi connectivity index (χ1v) is 8.79. The topological polar surface area (TPSA) is 105 Å². The van der Waals surface area contributed by atoms with Gasteiger partial charge in [-0.15, -0.1) is 5.06 Å². The molecule has 28 heavy (non-hydrogen) atoms. The van der Waals surface area contributed by atoms with Gasteiger partial charge in [0.1, 0.15) is 6.61 Å². The van der Waals surface area contributed by atoms with Gasteiger partial charge in [-0.3, -0.25) is 14.4 Å². The van der Waals surface area contributed by atoms with Crippen molar-refractivity contribution in [2.24, 2.45) is 0 Å². The second kappa shape index (κ2) is 9.12. The zero-order chi connectivity index (χ0) is 19.9. The predicted molar refractivity (Wildman–Crippen MR) is 98.1 cm³/mol. The molecule has 1 aliphatic heterocycles. The van der Waals surface area contributed by atoms with Crippen LogP contribution in [0.25, 0.3) is 0 Å². The van der Waals surface area contributed by atoms with Crippen LogP contribution in [0.4, 0.5) is 4.79 Å². The molecular weight excluding hydrogens is 364 g/mol. The zero-order valence-electron chi connectivity index (χ0n) is 15.0. The summed E-state index contributed by atoms with van der Waals surface area (Å²) < 4.78 is 5.13. The van der Waals surface area contributed by atoms with E-state index in [2.05, 4.69) is 5.32 Å². The number of aliphatic hydroxyl groups excluding tert-OH is 1. The van der Waals surface area contributed by atoms with Crippen LogP contribution in [0.5, 0.6) is 0 Å². The molecule has 1 unspecified atom stereocenters. The molecule has 0 saturated carbocycles. The normalized spacial score (nSPS) is 14.0. The highest BCUT2D eigenvalue weighted by Crippen LogP contribution is 2.22. The number of nitrogens with one attached hydrogen (secondary N) is 1. The number of imide groups is 1. The number of carbonyl (C=O) groups excluding carboxylic acids is 3. The van der Waals surface area contributed by atoms with Crippen LogP contribution in [0.1, 0.15) is 32.7 Å². The van der Waals surface area contributed by atoms with Gasteiger partial charge in [-0.2, -0.15) is 0 Å². The molecule has 0 saturated heterocycles. The number of hydrogen-bond acceptors (Lipinski definition) is 6. The highest BCUT2D eigenvalue weighted by molar-refractivity contribution is 6.20. The summed E-state index contributed by atoms with van der Waals surface area (Å²) in [6, 6.07) is 14.9. The third-order valence-electron chi connectivity index (χ3n) is 4.17. The summed E-state index contributed by atoms with van der Waals surface area (Å²) in [5, 5.41) is 12.4. The zero-order valence-corrected chi connectivity index (χ0v) is 15.0. The van der Waals surface area contributed by atoms with Crippen LogP contribution in [0.15, 0.2) is 54.6 Å². The maximum atomic E-state index is 12.3. The Morgan fingerprint density at radius 1 is 1.00 bits per heavy atom. The third kappa shape index (κ3) is 4.54. The molecule has 8 nitrogen and oxygen atoms in total. The molecule has 8 heteroatoms. The Hall–Kier alpha value is -3.23. The van der Waals surface area contributed by atoms with Crippen LogP contribution in [-0.2, 0) is 16.2 Å². The fraction of sp³-hybridized carbons (Fsp3) is 0.250. The molecule has 0 aliphatic carbocycles. The van der Waals surface area contributed by atoms with Gasteiger partial charge in [-0.05, 0) is 24.1 Å². The lowest BCUT2D eigenvalue weighted by Crippen LogP contribution is -2.42. The number of benzene rings is 2. The smallest absolute Gasteiger partial charge is 0.407 e. The standard InChI is InChI=1S/C20H20N2O6/c23-11-10-15(21-20(26)27-12-14-6-2-1-3-7-14)13-28-22-18(24)16-8-4-5-9-17(16)19(22)25/h1-9,15,23H,10-13H2,(H,21,26). The SMILES string of the molecule is O=C(NC(CCO)CON1C(=O)c2ccccc2C1=O)OCc1ccccc1. The number of ether oxygens (including phenoxy) is 1. The molecule has 0 fully saturated rings. The van der Waals surface area contributed by atoms with E-state index >= 15 is 0 Å². The molecule has 2 aromatic rings. The molecule has 3 amide bonds. The van der Waals surface area contributed by atoms with Gasteiger partial charge in [0.2, 0.25) is 0 Å². The first-order valence-electron chi connectivity index (χ1n) is 8.79. The number of carbonyl (C=O) groups is 3. The molecule has 1 atom stereocenters. The minimum Gasteiger partial charge on any atom is -0.445 e. The van der Waals surface area contributed by atoms with E-state index < -0.39 is 23.9 Å². The van der Waals surface area contributed by atoms with E-state index in [1.807, 2.05) is 30.3 Å².